The maximum Gasteiger partial charge on any atom is 0.335 e. The van der Waals surface area contributed by atoms with E-state index in [1.54, 1.807) is 6.08 Å². The summed E-state index contributed by atoms with van der Waals surface area (Å²) in [5.74, 6) is -2.98. The molecule has 2 aliphatic heterocycles. The molecule has 0 atom stereocenters. The molecule has 0 aliphatic carbocycles. The van der Waals surface area contributed by atoms with Crippen molar-refractivity contribution in [2.24, 2.45) is 0 Å². The van der Waals surface area contributed by atoms with Crippen molar-refractivity contribution in [3.63, 3.8) is 0 Å². The van der Waals surface area contributed by atoms with Gasteiger partial charge in [0.05, 0.1) is 32.8 Å². The Morgan fingerprint density at radius 1 is 0.970 bits per heavy atom. The van der Waals surface area contributed by atoms with Gasteiger partial charge in [0, 0.05) is 44.5 Å². The van der Waals surface area contributed by atoms with E-state index >= 15 is 0 Å². The second-order valence-corrected chi connectivity index (χ2v) is 6.69. The van der Waals surface area contributed by atoms with Crippen LogP contribution in [0, 0.1) is 0 Å². The van der Waals surface area contributed by atoms with Gasteiger partial charge < -0.3 is 19.6 Å². The van der Waals surface area contributed by atoms with Crippen LogP contribution in [0.4, 0.5) is 0 Å². The highest BCUT2D eigenvalue weighted by atomic mass is 16.7. The fourth-order valence-electron chi connectivity index (χ4n) is 2.50. The van der Waals surface area contributed by atoms with Crippen LogP contribution in [0.5, 0.6) is 0 Å². The molecule has 0 bridgehead atoms. The largest absolute Gasteiger partial charge is 0.378 e. The lowest BCUT2D eigenvalue weighted by Crippen LogP contribution is -2.35. The molecule has 0 aromatic rings. The molecular formula is C21H29N3O9. The van der Waals surface area contributed by atoms with Gasteiger partial charge in [-0.05, 0) is 6.92 Å². The van der Waals surface area contributed by atoms with Crippen molar-refractivity contribution in [1.82, 2.24) is 15.3 Å². The van der Waals surface area contributed by atoms with Crippen molar-refractivity contribution in [1.29, 1.82) is 0 Å². The van der Waals surface area contributed by atoms with E-state index < -0.39 is 29.6 Å². The van der Waals surface area contributed by atoms with E-state index in [2.05, 4.69) is 16.7 Å². The quantitative estimate of drug-likeness (QED) is 0.218. The predicted octanol–water partition coefficient (Wildman–Crippen LogP) is -0.359. The number of imide groups is 2. The number of nitrogens with one attached hydrogen (secondary N) is 1. The maximum absolute atomic E-state index is 11.7. The third-order valence-electron chi connectivity index (χ3n) is 4.05. The summed E-state index contributed by atoms with van der Waals surface area (Å²) in [5, 5.41) is 3.08. The van der Waals surface area contributed by atoms with E-state index in [1.807, 2.05) is 6.92 Å². The lowest BCUT2D eigenvalue weighted by atomic mass is 10.3. The Balaban J connectivity index is 0.00000172. The summed E-state index contributed by atoms with van der Waals surface area (Å²) in [6, 6.07) is 0. The van der Waals surface area contributed by atoms with E-state index in [0.29, 0.717) is 5.06 Å². The van der Waals surface area contributed by atoms with Gasteiger partial charge in [-0.25, -0.2) is 4.79 Å². The molecule has 12 heteroatoms. The lowest BCUT2D eigenvalue weighted by Gasteiger charge is -2.13. The molecule has 0 aromatic heterocycles. The van der Waals surface area contributed by atoms with Crippen molar-refractivity contribution >= 4 is 35.5 Å². The van der Waals surface area contributed by atoms with Crippen LogP contribution in [0.15, 0.2) is 24.8 Å². The Morgan fingerprint density at radius 2 is 1.52 bits per heavy atom. The topological polar surface area (TPSA) is 149 Å². The summed E-state index contributed by atoms with van der Waals surface area (Å²) < 4.78 is 10.4. The third kappa shape index (κ3) is 10.7. The van der Waals surface area contributed by atoms with Crippen molar-refractivity contribution in [3.8, 4) is 0 Å². The molecule has 0 aromatic carbocycles. The van der Waals surface area contributed by atoms with Gasteiger partial charge in [-0.2, -0.15) is 0 Å². The SMILES string of the molecule is C=CC.O=C(CCN1C(=O)C=CC1=O)NCCOCCOCCC(=O)ON1C(=O)CCC1=O. The second kappa shape index (κ2) is 15.4. The normalized spacial score (nSPS) is 14.9. The molecule has 0 radical (unpaired) electrons. The zero-order chi connectivity index (χ0) is 24.6. The van der Waals surface area contributed by atoms with Crippen LogP contribution >= 0.6 is 0 Å². The van der Waals surface area contributed by atoms with Crippen LogP contribution in [0.2, 0.25) is 0 Å². The molecule has 0 saturated carbocycles. The minimum absolute atomic E-state index is 0.00694. The van der Waals surface area contributed by atoms with Gasteiger partial charge in [0.2, 0.25) is 5.91 Å². The van der Waals surface area contributed by atoms with Gasteiger partial charge in [0.25, 0.3) is 23.6 Å². The summed E-state index contributed by atoms with van der Waals surface area (Å²) in [5.41, 5.74) is 0. The monoisotopic (exact) mass is 467 g/mol. The van der Waals surface area contributed by atoms with Gasteiger partial charge >= 0.3 is 5.97 Å². The minimum atomic E-state index is -0.740. The van der Waals surface area contributed by atoms with Gasteiger partial charge in [-0.3, -0.25) is 28.9 Å². The van der Waals surface area contributed by atoms with Crippen LogP contribution in [0.25, 0.3) is 0 Å². The fourth-order valence-corrected chi connectivity index (χ4v) is 2.50. The van der Waals surface area contributed by atoms with E-state index in [4.69, 9.17) is 9.47 Å². The molecule has 1 N–H and O–H groups in total. The fraction of sp³-hybridized carbons (Fsp3) is 0.524. The first-order chi connectivity index (χ1) is 15.8. The van der Waals surface area contributed by atoms with E-state index in [9.17, 15) is 28.8 Å². The average molecular weight is 467 g/mol. The zero-order valence-corrected chi connectivity index (χ0v) is 18.6. The molecule has 182 valence electrons. The van der Waals surface area contributed by atoms with E-state index in [-0.39, 0.29) is 71.1 Å². The number of amides is 5. The Kier molecular flexibility index (Phi) is 12.9. The lowest BCUT2D eigenvalue weighted by molar-refractivity contribution is -0.198. The number of nitrogens with zero attached hydrogens (tertiary/aromatic N) is 2. The van der Waals surface area contributed by atoms with E-state index in [0.717, 1.165) is 17.1 Å². The van der Waals surface area contributed by atoms with Gasteiger partial charge in [-0.1, -0.05) is 6.08 Å². The Labute approximate surface area is 191 Å². The second-order valence-electron chi connectivity index (χ2n) is 6.69. The van der Waals surface area contributed by atoms with Crippen molar-refractivity contribution < 1.29 is 43.1 Å². The number of rotatable bonds is 13. The molecule has 33 heavy (non-hydrogen) atoms. The number of hydroxylamine groups is 2. The average Bonchev–Trinajstić information content (AvgIpc) is 3.26. The van der Waals surface area contributed by atoms with Crippen LogP contribution in [0.1, 0.15) is 32.6 Å². The van der Waals surface area contributed by atoms with Gasteiger partial charge in [0.1, 0.15) is 0 Å². The smallest absolute Gasteiger partial charge is 0.335 e. The standard InChI is InChI=1S/C18H23N3O9.C3H6/c22-13(5-8-20-14(23)1-2-15(20)24)19-7-10-29-12-11-28-9-6-18(27)30-21-16(25)3-4-17(21)26;1-3-2/h1-2H,3-12H2,(H,19,22);3H,1H2,2H3. The molecule has 1 saturated heterocycles. The molecule has 2 heterocycles. The molecule has 2 aliphatic rings. The number of carbonyl (C=O) groups excluding carboxylic acids is 6. The summed E-state index contributed by atoms with van der Waals surface area (Å²) in [6.07, 6.45) is 4.03. The first-order valence-electron chi connectivity index (χ1n) is 10.4. The van der Waals surface area contributed by atoms with Crippen LogP contribution in [0.3, 0.4) is 0 Å². The molecule has 1 fully saturated rings. The van der Waals surface area contributed by atoms with Crippen molar-refractivity contribution in [3.05, 3.63) is 24.8 Å². The van der Waals surface area contributed by atoms with E-state index in [1.165, 1.54) is 0 Å². The summed E-state index contributed by atoms with van der Waals surface area (Å²) in [6.45, 7) is 6.24. The molecular weight excluding hydrogens is 438 g/mol. The van der Waals surface area contributed by atoms with Crippen LogP contribution in [-0.2, 0) is 43.1 Å². The van der Waals surface area contributed by atoms with Crippen LogP contribution < -0.4 is 5.32 Å². The van der Waals surface area contributed by atoms with Gasteiger partial charge in [0.15, 0.2) is 0 Å². The Bertz CT molecular complexity index is 745. The maximum atomic E-state index is 11.7. The molecule has 0 unspecified atom stereocenters. The number of hydrogen-bond acceptors (Lipinski definition) is 9. The third-order valence-corrected chi connectivity index (χ3v) is 4.05. The molecule has 0 spiro atoms. The zero-order valence-electron chi connectivity index (χ0n) is 18.6. The number of ether oxygens (including phenoxy) is 2. The molecule has 5 amide bonds. The summed E-state index contributed by atoms with van der Waals surface area (Å²) >= 11 is 0. The highest BCUT2D eigenvalue weighted by molar-refractivity contribution is 6.13. The van der Waals surface area contributed by atoms with Crippen LogP contribution in [-0.4, -0.2) is 85.0 Å². The minimum Gasteiger partial charge on any atom is -0.378 e. The summed E-state index contributed by atoms with van der Waals surface area (Å²) in [7, 11) is 0. The summed E-state index contributed by atoms with van der Waals surface area (Å²) in [4.78, 5) is 74.2. The molecule has 2 rings (SSSR count). The highest BCUT2D eigenvalue weighted by Gasteiger charge is 2.32. The predicted molar refractivity (Wildman–Crippen MR) is 113 cm³/mol. The first kappa shape index (κ1) is 27.7. The highest BCUT2D eigenvalue weighted by Crippen LogP contribution is 2.12. The molecule has 12 nitrogen and oxygen atoms in total. The Morgan fingerprint density at radius 3 is 2.09 bits per heavy atom. The van der Waals surface area contributed by atoms with Gasteiger partial charge in [-0.15, -0.1) is 11.6 Å². The first-order valence-corrected chi connectivity index (χ1v) is 10.4. The Hall–Kier alpha value is -3.38. The van der Waals surface area contributed by atoms with Crippen molar-refractivity contribution in [2.75, 3.05) is 39.5 Å². The number of allylic oxidation sites excluding steroid dienone is 1. The van der Waals surface area contributed by atoms with Crippen molar-refractivity contribution in [2.45, 2.75) is 32.6 Å². The number of hydrogen-bond donors (Lipinski definition) is 1. The number of carbonyl (C=O) groups is 6.